The molecule has 0 spiro atoms. The van der Waals surface area contributed by atoms with E-state index in [4.69, 9.17) is 11.6 Å². The monoisotopic (exact) mass is 246 g/mol. The van der Waals surface area contributed by atoms with Crippen molar-refractivity contribution in [1.82, 2.24) is 9.36 Å². The summed E-state index contributed by atoms with van der Waals surface area (Å²) in [6, 6.07) is 0. The fraction of sp³-hybridized carbons (Fsp3) is 0.818. The topological polar surface area (TPSA) is 25.8 Å². The van der Waals surface area contributed by atoms with Crippen LogP contribution in [0.4, 0.5) is 0 Å². The Balaban J connectivity index is 2.61. The van der Waals surface area contributed by atoms with Crippen LogP contribution in [0.15, 0.2) is 0 Å². The van der Waals surface area contributed by atoms with Crippen LogP contribution in [0.2, 0.25) is 0 Å². The first-order chi connectivity index (χ1) is 6.93. The second kappa shape index (κ2) is 5.26. The molecule has 0 bridgehead atoms. The van der Waals surface area contributed by atoms with Gasteiger partial charge in [0.05, 0.1) is 0 Å². The molecule has 1 rings (SSSR count). The summed E-state index contributed by atoms with van der Waals surface area (Å²) in [7, 11) is 0. The molecule has 1 aromatic heterocycles. The molecule has 4 heteroatoms. The number of rotatable bonds is 4. The van der Waals surface area contributed by atoms with Crippen LogP contribution in [0.5, 0.6) is 0 Å². The second-order valence-corrected chi connectivity index (χ2v) is 6.31. The van der Waals surface area contributed by atoms with Crippen LogP contribution >= 0.6 is 23.1 Å². The number of nitrogens with zero attached hydrogens (tertiary/aromatic N) is 2. The van der Waals surface area contributed by atoms with Crippen molar-refractivity contribution in [3.63, 3.8) is 0 Å². The van der Waals surface area contributed by atoms with Crippen molar-refractivity contribution in [1.29, 1.82) is 0 Å². The Bertz CT molecular complexity index is 304. The minimum absolute atomic E-state index is 0.0430. The van der Waals surface area contributed by atoms with Gasteiger partial charge in [0.15, 0.2) is 0 Å². The molecule has 0 aromatic carbocycles. The number of hydrogen-bond donors (Lipinski definition) is 0. The maximum atomic E-state index is 6.18. The zero-order valence-corrected chi connectivity index (χ0v) is 11.5. The first-order valence-corrected chi connectivity index (χ1v) is 6.61. The Morgan fingerprint density at radius 2 is 2.07 bits per heavy atom. The van der Waals surface area contributed by atoms with Crippen molar-refractivity contribution in [2.75, 3.05) is 0 Å². The van der Waals surface area contributed by atoms with Crippen molar-refractivity contribution < 1.29 is 0 Å². The molecule has 2 nitrogen and oxygen atoms in total. The molecule has 1 atom stereocenters. The second-order valence-electron chi connectivity index (χ2n) is 4.85. The molecule has 0 saturated heterocycles. The molecule has 0 aliphatic heterocycles. The summed E-state index contributed by atoms with van der Waals surface area (Å²) < 4.78 is 4.37. The van der Waals surface area contributed by atoms with Crippen LogP contribution in [-0.2, 0) is 11.8 Å². The quantitative estimate of drug-likeness (QED) is 0.756. The Morgan fingerprint density at radius 3 is 2.53 bits per heavy atom. The molecule has 0 N–H and O–H groups in total. The van der Waals surface area contributed by atoms with Crippen LogP contribution in [0.1, 0.15) is 51.4 Å². The van der Waals surface area contributed by atoms with Gasteiger partial charge in [-0.05, 0) is 18.0 Å². The fourth-order valence-corrected chi connectivity index (χ4v) is 2.61. The van der Waals surface area contributed by atoms with E-state index >= 15 is 0 Å². The van der Waals surface area contributed by atoms with E-state index in [1.54, 1.807) is 0 Å². The van der Waals surface area contributed by atoms with E-state index in [2.05, 4.69) is 37.1 Å². The summed E-state index contributed by atoms with van der Waals surface area (Å²) in [6.45, 7) is 8.53. The molecule has 0 aliphatic carbocycles. The van der Waals surface area contributed by atoms with Crippen LogP contribution in [0.25, 0.3) is 0 Å². The fourth-order valence-electron chi connectivity index (χ4n) is 1.25. The zero-order valence-electron chi connectivity index (χ0n) is 9.88. The van der Waals surface area contributed by atoms with E-state index in [1.165, 1.54) is 11.5 Å². The van der Waals surface area contributed by atoms with Gasteiger partial charge in [0.2, 0.25) is 0 Å². The molecule has 1 aromatic rings. The highest BCUT2D eigenvalue weighted by atomic mass is 35.5. The van der Waals surface area contributed by atoms with Crippen LogP contribution in [-0.4, -0.2) is 14.7 Å². The van der Waals surface area contributed by atoms with E-state index in [1.807, 2.05) is 0 Å². The van der Waals surface area contributed by atoms with Crippen molar-refractivity contribution in [3.05, 3.63) is 10.8 Å². The minimum atomic E-state index is 0.0430. The number of hydrogen-bond acceptors (Lipinski definition) is 3. The molecule has 1 heterocycles. The van der Waals surface area contributed by atoms with E-state index in [0.29, 0.717) is 0 Å². The number of halogens is 1. The third-order valence-corrected chi connectivity index (χ3v) is 3.24. The molecule has 0 radical (unpaired) electrons. The summed E-state index contributed by atoms with van der Waals surface area (Å²) in [4.78, 5) is 4.53. The Labute approximate surface area is 101 Å². The average molecular weight is 247 g/mol. The molecule has 15 heavy (non-hydrogen) atoms. The van der Waals surface area contributed by atoms with Gasteiger partial charge in [-0.25, -0.2) is 4.98 Å². The molecule has 0 saturated carbocycles. The summed E-state index contributed by atoms with van der Waals surface area (Å²) in [5.41, 5.74) is 0.0430. The number of aromatic nitrogens is 2. The standard InChI is InChI=1S/C11H19ClN2S/c1-5-6-8(12)7-9-13-10(14-15-9)11(2,3)4/h8H,5-7H2,1-4H3. The molecule has 86 valence electrons. The van der Waals surface area contributed by atoms with Crippen LogP contribution < -0.4 is 0 Å². The largest absolute Gasteiger partial charge is 0.224 e. The van der Waals surface area contributed by atoms with E-state index in [0.717, 1.165) is 30.1 Å². The molecule has 0 aliphatic rings. The Hall–Kier alpha value is -0.150. The Morgan fingerprint density at radius 1 is 1.40 bits per heavy atom. The predicted molar refractivity (Wildman–Crippen MR) is 66.9 cm³/mol. The molecule has 0 fully saturated rings. The third kappa shape index (κ3) is 4.07. The molecule has 1 unspecified atom stereocenters. The minimum Gasteiger partial charge on any atom is -0.224 e. The number of alkyl halides is 1. The Kier molecular flexibility index (Phi) is 4.53. The predicted octanol–water partition coefficient (Wildman–Crippen LogP) is 3.79. The van der Waals surface area contributed by atoms with E-state index in [9.17, 15) is 0 Å². The van der Waals surface area contributed by atoms with Crippen LogP contribution in [0, 0.1) is 0 Å². The van der Waals surface area contributed by atoms with Crippen molar-refractivity contribution in [2.45, 2.75) is 57.7 Å². The van der Waals surface area contributed by atoms with Crippen molar-refractivity contribution in [3.8, 4) is 0 Å². The zero-order chi connectivity index (χ0) is 11.5. The maximum absolute atomic E-state index is 6.18. The van der Waals surface area contributed by atoms with Crippen LogP contribution in [0.3, 0.4) is 0 Å². The lowest BCUT2D eigenvalue weighted by Gasteiger charge is -2.12. The maximum Gasteiger partial charge on any atom is 0.147 e. The van der Waals surface area contributed by atoms with Gasteiger partial charge in [0.25, 0.3) is 0 Å². The lowest BCUT2D eigenvalue weighted by Crippen LogP contribution is -2.13. The van der Waals surface area contributed by atoms with Crippen molar-refractivity contribution in [2.24, 2.45) is 0 Å². The van der Waals surface area contributed by atoms with Gasteiger partial charge in [-0.3, -0.25) is 0 Å². The van der Waals surface area contributed by atoms with Gasteiger partial charge in [-0.2, -0.15) is 4.37 Å². The smallest absolute Gasteiger partial charge is 0.147 e. The summed E-state index contributed by atoms with van der Waals surface area (Å²) in [5.74, 6) is 0.933. The third-order valence-electron chi connectivity index (χ3n) is 2.14. The van der Waals surface area contributed by atoms with E-state index in [-0.39, 0.29) is 10.8 Å². The first-order valence-electron chi connectivity index (χ1n) is 5.40. The molecular weight excluding hydrogens is 228 g/mol. The highest BCUT2D eigenvalue weighted by Crippen LogP contribution is 2.22. The van der Waals surface area contributed by atoms with Gasteiger partial charge in [-0.15, -0.1) is 11.6 Å². The van der Waals surface area contributed by atoms with Gasteiger partial charge in [0.1, 0.15) is 10.8 Å². The highest BCUT2D eigenvalue weighted by Gasteiger charge is 2.20. The van der Waals surface area contributed by atoms with E-state index < -0.39 is 0 Å². The van der Waals surface area contributed by atoms with Gasteiger partial charge in [0, 0.05) is 17.2 Å². The van der Waals surface area contributed by atoms with Crippen molar-refractivity contribution >= 4 is 23.1 Å². The summed E-state index contributed by atoms with van der Waals surface area (Å²) in [6.07, 6.45) is 3.02. The summed E-state index contributed by atoms with van der Waals surface area (Å²) >= 11 is 7.66. The average Bonchev–Trinajstić information content (AvgIpc) is 2.52. The molecular formula is C11H19ClN2S. The highest BCUT2D eigenvalue weighted by molar-refractivity contribution is 7.05. The molecule has 0 amide bonds. The SMILES string of the molecule is CCCC(Cl)Cc1nc(C(C)(C)C)ns1. The van der Waals surface area contributed by atoms with Gasteiger partial charge in [-0.1, -0.05) is 34.1 Å². The van der Waals surface area contributed by atoms with Gasteiger partial charge < -0.3 is 0 Å². The first kappa shape index (κ1) is 12.9. The normalized spacial score (nSPS) is 14.2. The lowest BCUT2D eigenvalue weighted by atomic mass is 9.96. The summed E-state index contributed by atoms with van der Waals surface area (Å²) in [5, 5.41) is 1.27. The van der Waals surface area contributed by atoms with Gasteiger partial charge >= 0.3 is 0 Å². The lowest BCUT2D eigenvalue weighted by molar-refractivity contribution is 0.552.